The second-order valence-corrected chi connectivity index (χ2v) is 9.08. The number of benzene rings is 1. The highest BCUT2D eigenvalue weighted by Crippen LogP contribution is 2.35. The Morgan fingerprint density at radius 2 is 2.00 bits per heavy atom. The van der Waals surface area contributed by atoms with Crippen LogP contribution in [0.5, 0.6) is 11.6 Å². The molecular formula is C24H16FN3O4S2. The molecule has 170 valence electrons. The third kappa shape index (κ3) is 4.02. The first-order chi connectivity index (χ1) is 16.4. The summed E-state index contributed by atoms with van der Waals surface area (Å²) in [7, 11) is 0. The zero-order valence-electron chi connectivity index (χ0n) is 17.7. The molecule has 0 saturated carbocycles. The highest BCUT2D eigenvalue weighted by atomic mass is 32.2. The average Bonchev–Trinajstić information content (AvgIpc) is 3.42. The molecule has 1 aliphatic rings. The number of aryl methyl sites for hydroxylation is 1. The number of thioether (sulfide) groups is 1. The Hall–Kier alpha value is -3.76. The minimum atomic E-state index is -0.606. The summed E-state index contributed by atoms with van der Waals surface area (Å²) >= 11 is 6.43. The van der Waals surface area contributed by atoms with Crippen LogP contribution in [-0.2, 0) is 11.3 Å². The van der Waals surface area contributed by atoms with Gasteiger partial charge in [0.2, 0.25) is 5.88 Å². The number of pyridine rings is 1. The van der Waals surface area contributed by atoms with Crippen molar-refractivity contribution in [2.24, 2.45) is 0 Å². The van der Waals surface area contributed by atoms with E-state index in [1.54, 1.807) is 43.5 Å². The molecule has 0 unspecified atom stereocenters. The summed E-state index contributed by atoms with van der Waals surface area (Å²) in [6, 6.07) is 12.8. The maximum absolute atomic E-state index is 14.3. The molecular weight excluding hydrogens is 477 g/mol. The number of fused-ring (bicyclic) bond motifs is 1. The zero-order chi connectivity index (χ0) is 23.8. The first kappa shape index (κ1) is 22.1. The monoisotopic (exact) mass is 493 g/mol. The topological polar surface area (TPSA) is 77.0 Å². The van der Waals surface area contributed by atoms with Gasteiger partial charge in [0.1, 0.15) is 21.3 Å². The lowest BCUT2D eigenvalue weighted by atomic mass is 10.2. The maximum atomic E-state index is 14.3. The van der Waals surface area contributed by atoms with Gasteiger partial charge in [0.15, 0.2) is 11.6 Å². The second-order valence-electron chi connectivity index (χ2n) is 7.40. The maximum Gasteiger partial charge on any atom is 0.269 e. The fourth-order valence-electron chi connectivity index (χ4n) is 3.45. The van der Waals surface area contributed by atoms with Gasteiger partial charge in [-0.15, -0.1) is 0 Å². The van der Waals surface area contributed by atoms with Gasteiger partial charge in [-0.3, -0.25) is 18.9 Å². The van der Waals surface area contributed by atoms with E-state index in [9.17, 15) is 14.0 Å². The van der Waals surface area contributed by atoms with Crippen molar-refractivity contribution in [3.8, 4) is 11.6 Å². The highest BCUT2D eigenvalue weighted by Gasteiger charge is 2.33. The van der Waals surface area contributed by atoms with Crippen LogP contribution >= 0.6 is 24.0 Å². The van der Waals surface area contributed by atoms with Crippen molar-refractivity contribution in [2.45, 2.75) is 13.5 Å². The number of carbonyl (C=O) groups is 1. The third-order valence-electron chi connectivity index (χ3n) is 5.14. The summed E-state index contributed by atoms with van der Waals surface area (Å²) in [5.41, 5.74) is 0.636. The number of aromatic nitrogens is 2. The second kappa shape index (κ2) is 8.88. The molecule has 0 N–H and O–H groups in total. The lowest BCUT2D eigenvalue weighted by Crippen LogP contribution is -2.27. The van der Waals surface area contributed by atoms with Crippen molar-refractivity contribution in [1.29, 1.82) is 0 Å². The van der Waals surface area contributed by atoms with Crippen molar-refractivity contribution < 1.29 is 18.3 Å². The Bertz CT molecular complexity index is 1530. The molecule has 4 aromatic rings. The van der Waals surface area contributed by atoms with E-state index in [-0.39, 0.29) is 34.6 Å². The Kier molecular flexibility index (Phi) is 5.76. The molecule has 1 amide bonds. The number of para-hydroxylation sites is 1. The Balaban J connectivity index is 1.62. The predicted octanol–water partition coefficient (Wildman–Crippen LogP) is 4.93. The van der Waals surface area contributed by atoms with Gasteiger partial charge in [-0.2, -0.15) is 4.98 Å². The number of carbonyl (C=O) groups excluding carboxylic acids is 1. The normalized spacial score (nSPS) is 15.0. The van der Waals surface area contributed by atoms with Crippen LogP contribution in [-0.4, -0.2) is 24.5 Å². The van der Waals surface area contributed by atoms with Crippen LogP contribution in [0.2, 0.25) is 0 Å². The molecule has 0 atom stereocenters. The minimum Gasteiger partial charge on any atom is -0.467 e. The van der Waals surface area contributed by atoms with E-state index >= 15 is 0 Å². The number of ether oxygens (including phenoxy) is 1. The minimum absolute atomic E-state index is 0.00449. The Labute approximate surface area is 202 Å². The fraction of sp³-hybridized carbons (Fsp3) is 0.0833. The van der Waals surface area contributed by atoms with Crippen LogP contribution in [0, 0.1) is 12.7 Å². The molecule has 1 aromatic carbocycles. The van der Waals surface area contributed by atoms with E-state index in [0.29, 0.717) is 15.7 Å². The molecule has 0 spiro atoms. The Morgan fingerprint density at radius 3 is 2.76 bits per heavy atom. The van der Waals surface area contributed by atoms with Crippen LogP contribution in [0.1, 0.15) is 16.9 Å². The van der Waals surface area contributed by atoms with Crippen molar-refractivity contribution >= 4 is 45.9 Å². The molecule has 0 radical (unpaired) electrons. The summed E-state index contributed by atoms with van der Waals surface area (Å²) in [5, 5.41) is 0. The molecule has 10 heteroatoms. The van der Waals surface area contributed by atoms with Crippen LogP contribution in [0.3, 0.4) is 0 Å². The molecule has 1 aliphatic heterocycles. The van der Waals surface area contributed by atoms with Crippen LogP contribution < -0.4 is 10.3 Å². The standard InChI is InChI=1S/C24H16FN3O4S2/c1-14-6-4-10-27-20(14)26-21(32-18-9-3-2-8-17(18)25)16(22(27)29)12-19-23(30)28(24(33)34-19)13-15-7-5-11-31-15/h2-12H,13H2,1H3/b19-12+. The van der Waals surface area contributed by atoms with E-state index < -0.39 is 11.4 Å². The zero-order valence-corrected chi connectivity index (χ0v) is 19.4. The number of halogens is 1. The molecule has 1 fully saturated rings. The first-order valence-corrected chi connectivity index (χ1v) is 11.4. The van der Waals surface area contributed by atoms with Crippen molar-refractivity contribution in [1.82, 2.24) is 14.3 Å². The lowest BCUT2D eigenvalue weighted by molar-refractivity contribution is -0.122. The number of amides is 1. The highest BCUT2D eigenvalue weighted by molar-refractivity contribution is 8.26. The predicted molar refractivity (Wildman–Crippen MR) is 130 cm³/mol. The van der Waals surface area contributed by atoms with E-state index in [2.05, 4.69) is 4.98 Å². The van der Waals surface area contributed by atoms with Gasteiger partial charge in [0.05, 0.1) is 17.7 Å². The van der Waals surface area contributed by atoms with E-state index in [4.69, 9.17) is 21.4 Å². The van der Waals surface area contributed by atoms with Gasteiger partial charge in [-0.1, -0.05) is 42.2 Å². The van der Waals surface area contributed by atoms with Gasteiger partial charge in [-0.25, -0.2) is 4.39 Å². The third-order valence-corrected chi connectivity index (χ3v) is 6.51. The number of rotatable bonds is 5. The smallest absolute Gasteiger partial charge is 0.269 e. The van der Waals surface area contributed by atoms with Gasteiger partial charge in [-0.05, 0) is 48.9 Å². The van der Waals surface area contributed by atoms with Crippen LogP contribution in [0.15, 0.2) is 75.1 Å². The van der Waals surface area contributed by atoms with E-state index in [1.165, 1.54) is 39.8 Å². The molecule has 4 heterocycles. The molecule has 0 aliphatic carbocycles. The molecule has 5 rings (SSSR count). The SMILES string of the molecule is Cc1cccn2c(=O)c(/C=C3/SC(=S)N(Cc4ccco4)C3=O)c(Oc3ccccc3F)nc12. The Morgan fingerprint density at radius 1 is 1.18 bits per heavy atom. The van der Waals surface area contributed by atoms with E-state index in [1.807, 2.05) is 0 Å². The summed E-state index contributed by atoms with van der Waals surface area (Å²) in [5.74, 6) is -0.612. The van der Waals surface area contributed by atoms with Gasteiger partial charge in [0.25, 0.3) is 11.5 Å². The van der Waals surface area contributed by atoms with Gasteiger partial charge < -0.3 is 9.15 Å². The largest absolute Gasteiger partial charge is 0.467 e. The quantitative estimate of drug-likeness (QED) is 0.288. The number of furan rings is 1. The fourth-order valence-corrected chi connectivity index (χ4v) is 4.69. The molecule has 34 heavy (non-hydrogen) atoms. The number of thiocarbonyl (C=S) groups is 1. The number of nitrogens with zero attached hydrogens (tertiary/aromatic N) is 3. The van der Waals surface area contributed by atoms with Gasteiger partial charge >= 0.3 is 0 Å². The lowest BCUT2D eigenvalue weighted by Gasteiger charge is -2.12. The molecule has 0 bridgehead atoms. The summed E-state index contributed by atoms with van der Waals surface area (Å²) in [6.45, 7) is 1.97. The number of hydrogen-bond donors (Lipinski definition) is 0. The van der Waals surface area contributed by atoms with Crippen LogP contribution in [0.25, 0.3) is 11.7 Å². The van der Waals surface area contributed by atoms with Gasteiger partial charge in [0, 0.05) is 6.20 Å². The average molecular weight is 494 g/mol. The summed E-state index contributed by atoms with van der Waals surface area (Å²) in [4.78, 5) is 32.6. The van der Waals surface area contributed by atoms with Crippen LogP contribution in [0.4, 0.5) is 4.39 Å². The molecule has 7 nitrogen and oxygen atoms in total. The van der Waals surface area contributed by atoms with E-state index in [0.717, 1.165) is 17.3 Å². The first-order valence-electron chi connectivity index (χ1n) is 10.1. The van der Waals surface area contributed by atoms with Crippen molar-refractivity contribution in [2.75, 3.05) is 0 Å². The summed E-state index contributed by atoms with van der Waals surface area (Å²) < 4.78 is 27.1. The van der Waals surface area contributed by atoms with Crippen molar-refractivity contribution in [3.05, 3.63) is 99.0 Å². The van der Waals surface area contributed by atoms with Crippen molar-refractivity contribution in [3.63, 3.8) is 0 Å². The number of hydrogen-bond acceptors (Lipinski definition) is 7. The summed E-state index contributed by atoms with van der Waals surface area (Å²) in [6.07, 6.45) is 4.48. The molecule has 3 aromatic heterocycles. The molecule has 1 saturated heterocycles.